The molecule has 6 nitrogen and oxygen atoms in total. The molecule has 2 aromatic rings. The van der Waals surface area contributed by atoms with E-state index in [4.69, 9.17) is 5.84 Å². The second kappa shape index (κ2) is 5.34. The van der Waals surface area contributed by atoms with Gasteiger partial charge >= 0.3 is 0 Å². The second-order valence-electron chi connectivity index (χ2n) is 3.47. The van der Waals surface area contributed by atoms with E-state index in [1.54, 1.807) is 6.07 Å². The molecule has 0 fully saturated rings. The van der Waals surface area contributed by atoms with Gasteiger partial charge in [0, 0.05) is 28.1 Å². The molecule has 0 radical (unpaired) electrons. The number of benzene rings is 1. The number of nitrogen functional groups attached to an aromatic ring is 1. The van der Waals surface area contributed by atoms with Crippen LogP contribution < -0.4 is 11.3 Å². The summed E-state index contributed by atoms with van der Waals surface area (Å²) in [5, 5.41) is 12.7. The third-order valence-corrected chi connectivity index (χ3v) is 4.10. The van der Waals surface area contributed by atoms with Crippen LogP contribution in [0.2, 0.25) is 0 Å². The fourth-order valence-corrected chi connectivity index (χ4v) is 3.21. The van der Waals surface area contributed by atoms with E-state index in [1.807, 2.05) is 12.3 Å². The van der Waals surface area contributed by atoms with E-state index >= 15 is 0 Å². The molecule has 0 amide bonds. The van der Waals surface area contributed by atoms with Crippen molar-refractivity contribution >= 4 is 34.5 Å². The molecule has 2 rings (SSSR count). The van der Waals surface area contributed by atoms with E-state index in [0.717, 1.165) is 14.9 Å². The molecule has 0 bridgehead atoms. The minimum atomic E-state index is -0.446. The molecule has 1 heterocycles. The molecule has 1 aromatic carbocycles. The number of thiazole rings is 1. The smallest absolute Gasteiger partial charge is 0.272 e. The summed E-state index contributed by atoms with van der Waals surface area (Å²) in [5.74, 6) is 5.29. The Hall–Kier alpha value is -1.64. The zero-order valence-corrected chi connectivity index (χ0v) is 11.0. The SMILES string of the molecule is Cc1csc(Sc2cc(NN)cc([N+](=O)[O-])c2)n1. The van der Waals surface area contributed by atoms with Gasteiger partial charge in [-0.15, -0.1) is 11.3 Å². The van der Waals surface area contributed by atoms with Gasteiger partial charge in [-0.05, 0) is 13.0 Å². The third-order valence-electron chi connectivity index (χ3n) is 2.07. The molecule has 0 saturated carbocycles. The Kier molecular flexibility index (Phi) is 3.80. The van der Waals surface area contributed by atoms with E-state index < -0.39 is 4.92 Å². The van der Waals surface area contributed by atoms with Crippen LogP contribution in [0.5, 0.6) is 0 Å². The number of non-ortho nitro benzene ring substituents is 1. The number of nitrogens with two attached hydrogens (primary N) is 1. The van der Waals surface area contributed by atoms with Crippen LogP contribution >= 0.6 is 23.1 Å². The first-order chi connectivity index (χ1) is 8.58. The lowest BCUT2D eigenvalue weighted by atomic mass is 10.3. The minimum absolute atomic E-state index is 0.00114. The van der Waals surface area contributed by atoms with Crippen LogP contribution in [-0.2, 0) is 0 Å². The Balaban J connectivity index is 2.32. The molecule has 0 aliphatic carbocycles. The fourth-order valence-electron chi connectivity index (χ4n) is 1.31. The molecule has 94 valence electrons. The van der Waals surface area contributed by atoms with Crippen LogP contribution in [-0.4, -0.2) is 9.91 Å². The Morgan fingerprint density at radius 2 is 2.28 bits per heavy atom. The molecule has 0 spiro atoms. The van der Waals surface area contributed by atoms with Crippen molar-refractivity contribution in [2.45, 2.75) is 16.2 Å². The number of hydrazine groups is 1. The number of nitro benzene ring substituents is 1. The highest BCUT2D eigenvalue weighted by Gasteiger charge is 2.11. The maximum Gasteiger partial charge on any atom is 0.272 e. The second-order valence-corrected chi connectivity index (χ2v) is 5.65. The number of nitro groups is 1. The van der Waals surface area contributed by atoms with E-state index in [1.165, 1.54) is 35.2 Å². The Bertz CT molecular complexity index is 585. The molecule has 0 saturated heterocycles. The summed E-state index contributed by atoms with van der Waals surface area (Å²) in [4.78, 5) is 15.4. The Labute approximate surface area is 111 Å². The summed E-state index contributed by atoms with van der Waals surface area (Å²) in [5.41, 5.74) is 3.86. The summed E-state index contributed by atoms with van der Waals surface area (Å²) >= 11 is 2.88. The Morgan fingerprint density at radius 3 is 2.83 bits per heavy atom. The maximum absolute atomic E-state index is 10.8. The minimum Gasteiger partial charge on any atom is -0.324 e. The van der Waals surface area contributed by atoms with Gasteiger partial charge in [0.1, 0.15) is 0 Å². The van der Waals surface area contributed by atoms with E-state index in [2.05, 4.69) is 10.4 Å². The molecule has 8 heteroatoms. The average molecular weight is 282 g/mol. The topological polar surface area (TPSA) is 94.1 Å². The number of anilines is 1. The molecule has 3 N–H and O–H groups in total. The Morgan fingerprint density at radius 1 is 1.50 bits per heavy atom. The summed E-state index contributed by atoms with van der Waals surface area (Å²) in [6, 6.07) is 4.63. The maximum atomic E-state index is 10.8. The molecule has 0 aliphatic heterocycles. The van der Waals surface area contributed by atoms with E-state index in [-0.39, 0.29) is 5.69 Å². The predicted molar refractivity (Wildman–Crippen MR) is 71.9 cm³/mol. The van der Waals surface area contributed by atoms with Crippen molar-refractivity contribution in [3.63, 3.8) is 0 Å². The molecule has 0 unspecified atom stereocenters. The van der Waals surface area contributed by atoms with Crippen molar-refractivity contribution in [1.29, 1.82) is 0 Å². The van der Waals surface area contributed by atoms with Crippen LogP contribution in [0.1, 0.15) is 5.69 Å². The van der Waals surface area contributed by atoms with Gasteiger partial charge < -0.3 is 5.43 Å². The van der Waals surface area contributed by atoms with Gasteiger partial charge in [-0.2, -0.15) is 0 Å². The van der Waals surface area contributed by atoms with Crippen molar-refractivity contribution in [2.75, 3.05) is 5.43 Å². The molecule has 0 aliphatic rings. The monoisotopic (exact) mass is 282 g/mol. The van der Waals surface area contributed by atoms with Gasteiger partial charge in [0.2, 0.25) is 0 Å². The van der Waals surface area contributed by atoms with Gasteiger partial charge in [-0.25, -0.2) is 4.98 Å². The van der Waals surface area contributed by atoms with Gasteiger partial charge in [0.25, 0.3) is 5.69 Å². The van der Waals surface area contributed by atoms with E-state index in [9.17, 15) is 10.1 Å². The highest BCUT2D eigenvalue weighted by atomic mass is 32.2. The zero-order chi connectivity index (χ0) is 13.1. The van der Waals surface area contributed by atoms with Gasteiger partial charge in [-0.1, -0.05) is 11.8 Å². The normalized spacial score (nSPS) is 10.3. The first-order valence-corrected chi connectivity index (χ1v) is 6.64. The quantitative estimate of drug-likeness (QED) is 0.508. The number of rotatable bonds is 4. The predicted octanol–water partition coefficient (Wildman–Crippen LogP) is 2.80. The number of nitrogens with zero attached hydrogens (tertiary/aromatic N) is 2. The zero-order valence-electron chi connectivity index (χ0n) is 9.41. The number of hydrogen-bond donors (Lipinski definition) is 2. The summed E-state index contributed by atoms with van der Waals surface area (Å²) in [6.45, 7) is 1.90. The fraction of sp³-hybridized carbons (Fsp3) is 0.100. The van der Waals surface area contributed by atoms with Crippen LogP contribution in [0.15, 0.2) is 32.8 Å². The molecule has 0 atom stereocenters. The van der Waals surface area contributed by atoms with Crippen molar-refractivity contribution in [1.82, 2.24) is 4.98 Å². The first kappa shape index (κ1) is 12.8. The van der Waals surface area contributed by atoms with E-state index in [0.29, 0.717) is 5.69 Å². The lowest BCUT2D eigenvalue weighted by Crippen LogP contribution is -2.07. The number of aromatic nitrogens is 1. The lowest BCUT2D eigenvalue weighted by Gasteiger charge is -2.03. The number of nitrogens with one attached hydrogen (secondary N) is 1. The summed E-state index contributed by atoms with van der Waals surface area (Å²) in [6.07, 6.45) is 0. The number of aryl methyl sites for hydroxylation is 1. The van der Waals surface area contributed by atoms with Gasteiger partial charge in [0.05, 0.1) is 10.6 Å². The largest absolute Gasteiger partial charge is 0.324 e. The van der Waals surface area contributed by atoms with Crippen LogP contribution in [0.25, 0.3) is 0 Å². The van der Waals surface area contributed by atoms with Crippen LogP contribution in [0.4, 0.5) is 11.4 Å². The van der Waals surface area contributed by atoms with Crippen molar-refractivity contribution in [2.24, 2.45) is 5.84 Å². The number of hydrogen-bond acceptors (Lipinski definition) is 7. The molecular formula is C10H10N4O2S2. The van der Waals surface area contributed by atoms with Crippen LogP contribution in [0, 0.1) is 17.0 Å². The van der Waals surface area contributed by atoms with Crippen molar-refractivity contribution < 1.29 is 4.92 Å². The average Bonchev–Trinajstić information content (AvgIpc) is 2.74. The van der Waals surface area contributed by atoms with Gasteiger partial charge in [0.15, 0.2) is 4.34 Å². The van der Waals surface area contributed by atoms with Crippen LogP contribution in [0.3, 0.4) is 0 Å². The van der Waals surface area contributed by atoms with Crippen molar-refractivity contribution in [3.05, 3.63) is 39.4 Å². The summed E-state index contributed by atoms with van der Waals surface area (Å²) in [7, 11) is 0. The first-order valence-electron chi connectivity index (χ1n) is 4.94. The van der Waals surface area contributed by atoms with Gasteiger partial charge in [-0.3, -0.25) is 16.0 Å². The lowest BCUT2D eigenvalue weighted by molar-refractivity contribution is -0.385. The highest BCUT2D eigenvalue weighted by Crippen LogP contribution is 2.34. The molecule has 18 heavy (non-hydrogen) atoms. The standard InChI is InChI=1S/C10H10N4O2S2/c1-6-5-17-10(12-6)18-9-3-7(13-11)2-8(4-9)14(15)16/h2-5,13H,11H2,1H3. The van der Waals surface area contributed by atoms with Crippen molar-refractivity contribution in [3.8, 4) is 0 Å². The molecular weight excluding hydrogens is 272 g/mol. The third kappa shape index (κ3) is 2.97. The highest BCUT2D eigenvalue weighted by molar-refractivity contribution is 8.01. The molecule has 1 aromatic heterocycles. The summed E-state index contributed by atoms with van der Waals surface area (Å²) < 4.78 is 0.843.